The Morgan fingerprint density at radius 3 is 1.87 bits per heavy atom. The summed E-state index contributed by atoms with van der Waals surface area (Å²) in [6, 6.07) is 40.2. The Morgan fingerprint density at radius 1 is 0.851 bits per heavy atom. The van der Waals surface area contributed by atoms with Gasteiger partial charge in [0.15, 0.2) is 0 Å². The highest BCUT2D eigenvalue weighted by molar-refractivity contribution is 8.01. The van der Waals surface area contributed by atoms with Gasteiger partial charge in [-0.1, -0.05) is 135 Å². The van der Waals surface area contributed by atoms with E-state index in [0.717, 1.165) is 18.0 Å². The zero-order chi connectivity index (χ0) is 33.3. The number of amides is 2. The summed E-state index contributed by atoms with van der Waals surface area (Å²) in [6.45, 7) is 11.5. The zero-order valence-electron chi connectivity index (χ0n) is 27.4. The summed E-state index contributed by atoms with van der Waals surface area (Å²) in [5.74, 6) is 0. The van der Waals surface area contributed by atoms with Crippen molar-refractivity contribution in [2.75, 3.05) is 25.1 Å². The molecule has 1 heterocycles. The molecule has 8 heteroatoms. The summed E-state index contributed by atoms with van der Waals surface area (Å²) >= 11 is 1.88. The number of anilines is 1. The molecule has 1 saturated heterocycles. The fourth-order valence-electron chi connectivity index (χ4n) is 5.98. The van der Waals surface area contributed by atoms with Crippen LogP contribution in [0.25, 0.3) is 0 Å². The van der Waals surface area contributed by atoms with Crippen molar-refractivity contribution in [3.8, 4) is 0 Å². The van der Waals surface area contributed by atoms with Gasteiger partial charge >= 0.3 is 12.2 Å². The van der Waals surface area contributed by atoms with Crippen molar-refractivity contribution in [2.45, 2.75) is 48.1 Å². The maximum Gasteiger partial charge on any atom is 0.411 e. The van der Waals surface area contributed by atoms with E-state index in [2.05, 4.69) is 104 Å². The Kier molecular flexibility index (Phi) is 11.3. The van der Waals surface area contributed by atoms with Crippen molar-refractivity contribution in [3.05, 3.63) is 150 Å². The van der Waals surface area contributed by atoms with Gasteiger partial charge in [-0.15, -0.1) is 11.8 Å². The monoisotopic (exact) mass is 664 g/mol. The second kappa shape index (κ2) is 15.5. The lowest BCUT2D eigenvalue weighted by molar-refractivity contribution is 0.108. The van der Waals surface area contributed by atoms with Gasteiger partial charge in [0.1, 0.15) is 6.61 Å². The van der Waals surface area contributed by atoms with Crippen LogP contribution in [-0.4, -0.2) is 50.2 Å². The molecule has 4 aromatic carbocycles. The minimum absolute atomic E-state index is 0.0797. The van der Waals surface area contributed by atoms with Gasteiger partial charge in [0.25, 0.3) is 0 Å². The number of thioether (sulfide) groups is 1. The van der Waals surface area contributed by atoms with E-state index in [9.17, 15) is 9.59 Å². The number of hydrogen-bond donors (Lipinski definition) is 1. The van der Waals surface area contributed by atoms with Crippen LogP contribution < -0.4 is 5.32 Å². The van der Waals surface area contributed by atoms with Gasteiger partial charge in [-0.25, -0.2) is 9.59 Å². The SMILES string of the molecule is C=CCOC(=O)N1C[C@@H](SC(c2ccccc2)(c2ccccc2)c2ccccc2)C[C@@H]1c1ccc(NC(=O)OCC[Si](C)(C)C)cc1. The first-order valence-corrected chi connectivity index (χ1v) is 20.7. The normalized spacial score (nSPS) is 16.4. The number of carbonyl (C=O) groups excluding carboxylic acids is 2. The summed E-state index contributed by atoms with van der Waals surface area (Å²) in [6.07, 6.45) is 1.50. The van der Waals surface area contributed by atoms with Crippen molar-refractivity contribution < 1.29 is 19.1 Å². The molecule has 0 radical (unpaired) electrons. The van der Waals surface area contributed by atoms with E-state index in [-0.39, 0.29) is 24.0 Å². The van der Waals surface area contributed by atoms with E-state index >= 15 is 0 Å². The lowest BCUT2D eigenvalue weighted by Crippen LogP contribution is -2.33. The number of benzene rings is 4. The molecular formula is C39H44N2O4SSi. The van der Waals surface area contributed by atoms with Crippen LogP contribution in [0, 0.1) is 0 Å². The van der Waals surface area contributed by atoms with Crippen LogP contribution in [0.5, 0.6) is 0 Å². The van der Waals surface area contributed by atoms with E-state index in [1.165, 1.54) is 16.7 Å². The molecule has 2 atom stereocenters. The van der Waals surface area contributed by atoms with E-state index < -0.39 is 18.9 Å². The topological polar surface area (TPSA) is 67.9 Å². The van der Waals surface area contributed by atoms with Crippen LogP contribution in [0.3, 0.4) is 0 Å². The summed E-state index contributed by atoms with van der Waals surface area (Å²) in [4.78, 5) is 27.7. The molecule has 1 aliphatic heterocycles. The van der Waals surface area contributed by atoms with E-state index in [0.29, 0.717) is 18.8 Å². The minimum atomic E-state index is -1.30. The molecule has 0 aromatic heterocycles. The Balaban J connectivity index is 1.43. The molecular weight excluding hydrogens is 621 g/mol. The van der Waals surface area contributed by atoms with Crippen LogP contribution in [-0.2, 0) is 14.2 Å². The number of nitrogens with one attached hydrogen (secondary N) is 1. The third-order valence-corrected chi connectivity index (χ3v) is 11.8. The van der Waals surface area contributed by atoms with Crippen LogP contribution in [0.4, 0.5) is 15.3 Å². The van der Waals surface area contributed by atoms with Crippen LogP contribution in [0.1, 0.15) is 34.7 Å². The number of nitrogens with zero attached hydrogens (tertiary/aromatic N) is 1. The summed E-state index contributed by atoms with van der Waals surface area (Å²) < 4.78 is 10.5. The van der Waals surface area contributed by atoms with Gasteiger partial charge in [-0.05, 0) is 46.9 Å². The van der Waals surface area contributed by atoms with Crippen molar-refractivity contribution >= 4 is 37.7 Å². The Bertz CT molecular complexity index is 1520. The van der Waals surface area contributed by atoms with Gasteiger partial charge in [-0.3, -0.25) is 5.32 Å². The number of hydrogen-bond acceptors (Lipinski definition) is 5. The first-order valence-electron chi connectivity index (χ1n) is 16.1. The maximum atomic E-state index is 13.5. The molecule has 4 aromatic rings. The molecule has 5 rings (SSSR count). The van der Waals surface area contributed by atoms with Crippen molar-refractivity contribution in [3.63, 3.8) is 0 Å². The molecule has 0 spiro atoms. The third-order valence-electron chi connectivity index (χ3n) is 8.33. The number of rotatable bonds is 12. The number of likely N-dealkylation sites (tertiary alicyclic amines) is 1. The van der Waals surface area contributed by atoms with E-state index in [1.807, 2.05) is 59.1 Å². The first-order chi connectivity index (χ1) is 22.7. The second-order valence-corrected chi connectivity index (χ2v) is 20.1. The smallest absolute Gasteiger partial charge is 0.411 e. The Morgan fingerprint density at radius 2 is 1.38 bits per heavy atom. The van der Waals surface area contributed by atoms with Crippen molar-refractivity contribution in [2.24, 2.45) is 0 Å². The molecule has 2 amide bonds. The highest BCUT2D eigenvalue weighted by Gasteiger charge is 2.45. The molecule has 0 bridgehead atoms. The largest absolute Gasteiger partial charge is 0.450 e. The van der Waals surface area contributed by atoms with Crippen molar-refractivity contribution in [1.29, 1.82) is 0 Å². The van der Waals surface area contributed by atoms with Gasteiger partial charge in [0, 0.05) is 25.6 Å². The molecule has 0 unspecified atom stereocenters. The van der Waals surface area contributed by atoms with Crippen LogP contribution in [0.15, 0.2) is 128 Å². The lowest BCUT2D eigenvalue weighted by Gasteiger charge is -2.37. The van der Waals surface area contributed by atoms with Crippen molar-refractivity contribution in [1.82, 2.24) is 4.90 Å². The molecule has 0 aliphatic carbocycles. The Hall–Kier alpha value is -4.27. The molecule has 1 aliphatic rings. The van der Waals surface area contributed by atoms with E-state index in [4.69, 9.17) is 9.47 Å². The Labute approximate surface area is 284 Å². The second-order valence-electron chi connectivity index (χ2n) is 13.0. The molecule has 0 saturated carbocycles. The molecule has 244 valence electrons. The van der Waals surface area contributed by atoms with Gasteiger partial charge in [-0.2, -0.15) is 0 Å². The highest BCUT2D eigenvalue weighted by atomic mass is 32.2. The molecule has 1 fully saturated rings. The average molecular weight is 665 g/mol. The first kappa shape index (κ1) is 34.1. The molecule has 6 nitrogen and oxygen atoms in total. The van der Waals surface area contributed by atoms with Crippen LogP contribution in [0.2, 0.25) is 25.7 Å². The maximum absolute atomic E-state index is 13.5. The lowest BCUT2D eigenvalue weighted by atomic mass is 9.84. The van der Waals surface area contributed by atoms with Crippen LogP contribution >= 0.6 is 11.8 Å². The average Bonchev–Trinajstić information content (AvgIpc) is 3.51. The van der Waals surface area contributed by atoms with E-state index in [1.54, 1.807) is 6.08 Å². The summed E-state index contributed by atoms with van der Waals surface area (Å²) in [5.41, 5.74) is 5.16. The summed E-state index contributed by atoms with van der Waals surface area (Å²) in [7, 11) is -1.30. The highest BCUT2D eigenvalue weighted by Crippen LogP contribution is 2.53. The fraction of sp³-hybridized carbons (Fsp3) is 0.282. The third kappa shape index (κ3) is 8.56. The predicted molar refractivity (Wildman–Crippen MR) is 196 cm³/mol. The van der Waals surface area contributed by atoms with Gasteiger partial charge in [0.2, 0.25) is 0 Å². The summed E-state index contributed by atoms with van der Waals surface area (Å²) in [5, 5.41) is 2.92. The molecule has 1 N–H and O–H groups in total. The quantitative estimate of drug-likeness (QED) is 0.0928. The molecule has 47 heavy (non-hydrogen) atoms. The number of carbonyl (C=O) groups is 2. The minimum Gasteiger partial charge on any atom is -0.450 e. The zero-order valence-corrected chi connectivity index (χ0v) is 29.2. The predicted octanol–water partition coefficient (Wildman–Crippen LogP) is 9.74. The van der Waals surface area contributed by atoms with Gasteiger partial charge in [0.05, 0.1) is 17.4 Å². The number of ether oxygens (including phenoxy) is 2. The standard InChI is InChI=1S/C39H44N2O4SSi/c1-5-25-45-38(43)41-29-35(28-36(41)30-21-23-34(24-22-30)40-37(42)44-26-27-47(2,3)4)46-39(31-15-9-6-10-16-31,32-17-11-7-12-18-32)33-19-13-8-14-20-33/h5-24,35-36H,1,25-29H2,2-4H3,(H,40,42)/t35-,36+/m0/s1. The van der Waals surface area contributed by atoms with Gasteiger partial charge < -0.3 is 14.4 Å². The fourth-order valence-corrected chi connectivity index (χ4v) is 8.52.